The minimum Gasteiger partial charge on any atom is -0.480 e. The Morgan fingerprint density at radius 1 is 1.37 bits per heavy atom. The van der Waals surface area contributed by atoms with Crippen molar-refractivity contribution in [2.24, 2.45) is 23.5 Å². The fourth-order valence-corrected chi connectivity index (χ4v) is 2.34. The van der Waals surface area contributed by atoms with Gasteiger partial charge in [0.1, 0.15) is 6.54 Å². The lowest BCUT2D eigenvalue weighted by Gasteiger charge is -2.24. The van der Waals surface area contributed by atoms with E-state index in [1.807, 2.05) is 0 Å². The monoisotopic (exact) mass is 270 g/mol. The van der Waals surface area contributed by atoms with Crippen molar-refractivity contribution in [2.45, 2.75) is 39.5 Å². The molecule has 1 aliphatic carbocycles. The van der Waals surface area contributed by atoms with E-state index in [9.17, 15) is 9.59 Å². The molecular formula is C14H26N2O3. The topological polar surface area (TPSA) is 83.6 Å². The smallest absolute Gasteiger partial charge is 0.323 e. The van der Waals surface area contributed by atoms with Crippen LogP contribution in [0, 0.1) is 17.8 Å². The lowest BCUT2D eigenvalue weighted by Crippen LogP contribution is -2.39. The number of amides is 1. The quantitative estimate of drug-likeness (QED) is 0.662. The summed E-state index contributed by atoms with van der Waals surface area (Å²) in [6.45, 7) is 5.09. The highest BCUT2D eigenvalue weighted by atomic mass is 16.4. The molecular weight excluding hydrogens is 244 g/mol. The van der Waals surface area contributed by atoms with Crippen LogP contribution in [0.2, 0.25) is 0 Å². The molecule has 0 spiro atoms. The van der Waals surface area contributed by atoms with Crippen molar-refractivity contribution >= 4 is 11.9 Å². The molecule has 0 saturated heterocycles. The zero-order valence-electron chi connectivity index (χ0n) is 12.0. The van der Waals surface area contributed by atoms with Gasteiger partial charge in [0.25, 0.3) is 0 Å². The van der Waals surface area contributed by atoms with Crippen molar-refractivity contribution in [3.05, 3.63) is 0 Å². The number of carboxylic acid groups (broad SMARTS) is 1. The van der Waals surface area contributed by atoms with Crippen molar-refractivity contribution in [1.29, 1.82) is 0 Å². The van der Waals surface area contributed by atoms with E-state index in [-0.39, 0.29) is 18.4 Å². The molecule has 19 heavy (non-hydrogen) atoms. The second-order valence-corrected chi connectivity index (χ2v) is 6.05. The number of carboxylic acids is 1. The van der Waals surface area contributed by atoms with E-state index in [4.69, 9.17) is 10.8 Å². The van der Waals surface area contributed by atoms with E-state index < -0.39 is 5.97 Å². The molecule has 110 valence electrons. The molecule has 1 rings (SSSR count). The van der Waals surface area contributed by atoms with Gasteiger partial charge in [-0.2, -0.15) is 0 Å². The average molecular weight is 270 g/mol. The van der Waals surface area contributed by atoms with E-state index in [2.05, 4.69) is 13.8 Å². The van der Waals surface area contributed by atoms with E-state index in [1.165, 1.54) is 4.90 Å². The lowest BCUT2D eigenvalue weighted by atomic mass is 9.93. The second-order valence-electron chi connectivity index (χ2n) is 6.05. The molecule has 0 heterocycles. The average Bonchev–Trinajstić information content (AvgIpc) is 3.09. The number of carbonyl (C=O) groups is 2. The first-order chi connectivity index (χ1) is 8.92. The number of hydrogen-bond donors (Lipinski definition) is 2. The maximum absolute atomic E-state index is 12.2. The maximum atomic E-state index is 12.2. The van der Waals surface area contributed by atoms with Gasteiger partial charge in [0.2, 0.25) is 5.91 Å². The summed E-state index contributed by atoms with van der Waals surface area (Å²) in [4.78, 5) is 24.5. The Hall–Kier alpha value is -1.10. The summed E-state index contributed by atoms with van der Waals surface area (Å²) in [7, 11) is 0. The van der Waals surface area contributed by atoms with Crippen LogP contribution in [-0.4, -0.2) is 41.5 Å². The molecule has 5 nitrogen and oxygen atoms in total. The Bertz CT molecular complexity index is 314. The van der Waals surface area contributed by atoms with Crippen molar-refractivity contribution in [1.82, 2.24) is 4.90 Å². The van der Waals surface area contributed by atoms with Crippen LogP contribution < -0.4 is 5.73 Å². The van der Waals surface area contributed by atoms with Crippen molar-refractivity contribution < 1.29 is 14.7 Å². The van der Waals surface area contributed by atoms with Crippen LogP contribution in [0.4, 0.5) is 0 Å². The minimum absolute atomic E-state index is 0.0644. The van der Waals surface area contributed by atoms with Crippen LogP contribution in [0.3, 0.4) is 0 Å². The molecule has 0 radical (unpaired) electrons. The number of nitrogens with two attached hydrogens (primary N) is 1. The number of carbonyl (C=O) groups excluding carboxylic acids is 1. The number of hydrogen-bond acceptors (Lipinski definition) is 3. The first-order valence-electron chi connectivity index (χ1n) is 7.12. The van der Waals surface area contributed by atoms with Gasteiger partial charge in [-0.05, 0) is 43.6 Å². The summed E-state index contributed by atoms with van der Waals surface area (Å²) in [5.41, 5.74) is 5.70. The molecule has 0 bridgehead atoms. The molecule has 1 atom stereocenters. The molecule has 1 unspecified atom stereocenters. The molecule has 0 aromatic heterocycles. The van der Waals surface area contributed by atoms with E-state index in [0.29, 0.717) is 31.3 Å². The highest BCUT2D eigenvalue weighted by Crippen LogP contribution is 2.30. The summed E-state index contributed by atoms with van der Waals surface area (Å²) >= 11 is 0. The predicted octanol–water partition coefficient (Wildman–Crippen LogP) is 1.32. The third kappa shape index (κ3) is 6.57. The van der Waals surface area contributed by atoms with Gasteiger partial charge in [0.15, 0.2) is 0 Å². The molecule has 1 fully saturated rings. The fraction of sp³-hybridized carbons (Fsp3) is 0.857. The Morgan fingerprint density at radius 2 is 2.00 bits per heavy atom. The SMILES string of the molecule is CC(C)CC(CN)CC(=O)N(CC(=O)O)CC1CC1. The van der Waals surface area contributed by atoms with Gasteiger partial charge in [0, 0.05) is 13.0 Å². The second kappa shape index (κ2) is 7.48. The van der Waals surface area contributed by atoms with Crippen molar-refractivity contribution in [3.8, 4) is 0 Å². The molecule has 0 aliphatic heterocycles. The van der Waals surface area contributed by atoms with Crippen LogP contribution in [0.25, 0.3) is 0 Å². The van der Waals surface area contributed by atoms with Crippen LogP contribution in [0.1, 0.15) is 39.5 Å². The van der Waals surface area contributed by atoms with Gasteiger partial charge in [0.05, 0.1) is 0 Å². The molecule has 1 saturated carbocycles. The summed E-state index contributed by atoms with van der Waals surface area (Å²) < 4.78 is 0. The Kier molecular flexibility index (Phi) is 6.28. The van der Waals surface area contributed by atoms with Crippen molar-refractivity contribution in [2.75, 3.05) is 19.6 Å². The maximum Gasteiger partial charge on any atom is 0.323 e. The van der Waals surface area contributed by atoms with Gasteiger partial charge >= 0.3 is 5.97 Å². The molecule has 3 N–H and O–H groups in total. The highest BCUT2D eigenvalue weighted by Gasteiger charge is 2.28. The predicted molar refractivity (Wildman–Crippen MR) is 73.6 cm³/mol. The normalized spacial score (nSPS) is 16.4. The van der Waals surface area contributed by atoms with E-state index in [0.717, 1.165) is 19.3 Å². The first-order valence-corrected chi connectivity index (χ1v) is 7.12. The first kappa shape index (κ1) is 16.0. The Morgan fingerprint density at radius 3 is 2.42 bits per heavy atom. The highest BCUT2D eigenvalue weighted by molar-refractivity contribution is 5.81. The standard InChI is InChI=1S/C14H26N2O3/c1-10(2)5-12(7-15)6-13(17)16(9-14(18)19)8-11-3-4-11/h10-12H,3-9,15H2,1-2H3,(H,18,19). The van der Waals surface area contributed by atoms with Gasteiger partial charge < -0.3 is 15.7 Å². The number of rotatable bonds is 9. The zero-order valence-corrected chi connectivity index (χ0v) is 12.0. The molecule has 0 aromatic carbocycles. The third-order valence-corrected chi connectivity index (χ3v) is 3.46. The third-order valence-electron chi connectivity index (χ3n) is 3.46. The lowest BCUT2D eigenvalue weighted by molar-refractivity contribution is -0.145. The molecule has 1 aliphatic rings. The number of aliphatic carboxylic acids is 1. The van der Waals surface area contributed by atoms with Crippen LogP contribution in [-0.2, 0) is 9.59 Å². The molecule has 5 heteroatoms. The summed E-state index contributed by atoms with van der Waals surface area (Å²) in [5.74, 6) is 0.151. The van der Waals surface area contributed by atoms with E-state index in [1.54, 1.807) is 0 Å². The van der Waals surface area contributed by atoms with Crippen LogP contribution in [0.5, 0.6) is 0 Å². The van der Waals surface area contributed by atoms with Gasteiger partial charge in [-0.15, -0.1) is 0 Å². The van der Waals surface area contributed by atoms with Crippen LogP contribution >= 0.6 is 0 Å². The fourth-order valence-electron chi connectivity index (χ4n) is 2.34. The van der Waals surface area contributed by atoms with Crippen molar-refractivity contribution in [3.63, 3.8) is 0 Å². The summed E-state index contributed by atoms with van der Waals surface area (Å²) in [5, 5.41) is 8.88. The van der Waals surface area contributed by atoms with Gasteiger partial charge in [-0.25, -0.2) is 0 Å². The Balaban J connectivity index is 2.50. The summed E-state index contributed by atoms with van der Waals surface area (Å²) in [6, 6.07) is 0. The Labute approximate surface area is 115 Å². The minimum atomic E-state index is -0.942. The summed E-state index contributed by atoms with van der Waals surface area (Å²) in [6.07, 6.45) is 3.49. The number of nitrogens with zero attached hydrogens (tertiary/aromatic N) is 1. The van der Waals surface area contributed by atoms with Gasteiger partial charge in [-0.3, -0.25) is 9.59 Å². The van der Waals surface area contributed by atoms with Gasteiger partial charge in [-0.1, -0.05) is 13.8 Å². The zero-order chi connectivity index (χ0) is 14.4. The van der Waals surface area contributed by atoms with E-state index >= 15 is 0 Å². The largest absolute Gasteiger partial charge is 0.480 e. The van der Waals surface area contributed by atoms with Crippen LogP contribution in [0.15, 0.2) is 0 Å². The molecule has 1 amide bonds. The molecule has 0 aromatic rings.